The average molecular weight is 501 g/mol. The molecule has 5 nitrogen and oxygen atoms in total. The fourth-order valence-electron chi connectivity index (χ4n) is 5.93. The van der Waals surface area contributed by atoms with E-state index in [2.05, 4.69) is 77.8 Å². The number of esters is 1. The normalized spacial score (nSPS) is 19.2. The van der Waals surface area contributed by atoms with Crippen LogP contribution < -0.4 is 15.0 Å². The van der Waals surface area contributed by atoms with Crippen molar-refractivity contribution in [2.75, 3.05) is 24.6 Å². The van der Waals surface area contributed by atoms with Gasteiger partial charge in [-0.2, -0.15) is 0 Å². The van der Waals surface area contributed by atoms with Crippen LogP contribution in [0.4, 0.5) is 5.69 Å². The summed E-state index contributed by atoms with van der Waals surface area (Å²) in [5.41, 5.74) is 3.44. The fourth-order valence-corrected chi connectivity index (χ4v) is 5.93. The van der Waals surface area contributed by atoms with E-state index in [4.69, 9.17) is 9.47 Å². The standard InChI is InChI=1S/C32H40N2O3/c1-3-36-32(35)20-25-16-17-27(21-31(25)37-28-12-5-4-6-13-28)34-19-18-26(22-34)33-23(2)29-15-9-11-24-10-7-8-14-30(24)29/h7-11,14-17,21,23,26,28,33H,3-6,12-13,18-20,22H2,1-2H3/t23-,26+/m1/s1. The van der Waals surface area contributed by atoms with Gasteiger partial charge in [0.2, 0.25) is 0 Å². The predicted octanol–water partition coefficient (Wildman–Crippen LogP) is 6.59. The number of nitrogens with zero attached hydrogens (tertiary/aromatic N) is 1. The predicted molar refractivity (Wildman–Crippen MR) is 150 cm³/mol. The number of benzene rings is 3. The third kappa shape index (κ3) is 6.27. The highest BCUT2D eigenvalue weighted by atomic mass is 16.5. The number of hydrogen-bond donors (Lipinski definition) is 1. The molecule has 2 aliphatic rings. The van der Waals surface area contributed by atoms with E-state index in [1.807, 2.05) is 6.92 Å². The summed E-state index contributed by atoms with van der Waals surface area (Å²) in [4.78, 5) is 14.7. The second-order valence-electron chi connectivity index (χ2n) is 10.5. The van der Waals surface area contributed by atoms with E-state index in [0.717, 1.165) is 43.7 Å². The van der Waals surface area contributed by atoms with Gasteiger partial charge in [0, 0.05) is 42.5 Å². The Bertz CT molecular complexity index is 1200. The van der Waals surface area contributed by atoms with Crippen LogP contribution in [0.5, 0.6) is 5.75 Å². The highest BCUT2D eigenvalue weighted by Crippen LogP contribution is 2.33. The first-order valence-corrected chi connectivity index (χ1v) is 14.0. The number of carbonyl (C=O) groups excluding carboxylic acids is 1. The lowest BCUT2D eigenvalue weighted by molar-refractivity contribution is -0.142. The summed E-state index contributed by atoms with van der Waals surface area (Å²) in [6, 6.07) is 22.2. The van der Waals surface area contributed by atoms with Crippen molar-refractivity contribution in [1.29, 1.82) is 0 Å². The molecule has 0 spiro atoms. The molecule has 1 heterocycles. The van der Waals surface area contributed by atoms with Crippen LogP contribution in [-0.2, 0) is 16.0 Å². The van der Waals surface area contributed by atoms with Crippen LogP contribution in [0.3, 0.4) is 0 Å². The molecule has 0 amide bonds. The second kappa shape index (κ2) is 12.0. The summed E-state index contributed by atoms with van der Waals surface area (Å²) in [7, 11) is 0. The van der Waals surface area contributed by atoms with Crippen LogP contribution in [0, 0.1) is 0 Å². The molecule has 1 N–H and O–H groups in total. The van der Waals surface area contributed by atoms with Crippen molar-refractivity contribution in [3.05, 3.63) is 71.8 Å². The van der Waals surface area contributed by atoms with Gasteiger partial charge in [0.05, 0.1) is 19.1 Å². The summed E-state index contributed by atoms with van der Waals surface area (Å²) in [5, 5.41) is 6.49. The molecule has 0 aromatic heterocycles. The molecule has 5 rings (SSSR count). The maximum atomic E-state index is 12.2. The molecule has 0 unspecified atom stereocenters. The number of nitrogens with one attached hydrogen (secondary N) is 1. The molecule has 2 fully saturated rings. The molecule has 1 aliphatic carbocycles. The van der Waals surface area contributed by atoms with Gasteiger partial charge < -0.3 is 19.7 Å². The zero-order chi connectivity index (χ0) is 25.6. The van der Waals surface area contributed by atoms with Gasteiger partial charge in [-0.1, -0.05) is 55.0 Å². The molecule has 37 heavy (non-hydrogen) atoms. The Hall–Kier alpha value is -3.05. The van der Waals surface area contributed by atoms with Crippen molar-refractivity contribution in [1.82, 2.24) is 5.32 Å². The number of hydrogen-bond acceptors (Lipinski definition) is 5. The lowest BCUT2D eigenvalue weighted by Gasteiger charge is -2.26. The zero-order valence-corrected chi connectivity index (χ0v) is 22.2. The molecule has 2 atom stereocenters. The molecule has 5 heteroatoms. The van der Waals surface area contributed by atoms with Crippen molar-refractivity contribution >= 4 is 22.4 Å². The number of carbonyl (C=O) groups is 1. The van der Waals surface area contributed by atoms with Crippen LogP contribution in [-0.4, -0.2) is 37.8 Å². The lowest BCUT2D eigenvalue weighted by Crippen LogP contribution is -2.34. The molecule has 1 saturated carbocycles. The van der Waals surface area contributed by atoms with Gasteiger partial charge in [-0.05, 0) is 68.4 Å². The molecular formula is C32H40N2O3. The number of rotatable bonds is 9. The Morgan fingerprint density at radius 3 is 2.68 bits per heavy atom. The van der Waals surface area contributed by atoms with Gasteiger partial charge in [-0.25, -0.2) is 0 Å². The van der Waals surface area contributed by atoms with Crippen LogP contribution in [0.2, 0.25) is 0 Å². The largest absolute Gasteiger partial charge is 0.490 e. The Morgan fingerprint density at radius 2 is 1.84 bits per heavy atom. The Labute approximate surface area is 221 Å². The highest BCUT2D eigenvalue weighted by Gasteiger charge is 2.26. The topological polar surface area (TPSA) is 50.8 Å². The quantitative estimate of drug-likeness (QED) is 0.336. The number of ether oxygens (including phenoxy) is 2. The van der Waals surface area contributed by atoms with E-state index < -0.39 is 0 Å². The smallest absolute Gasteiger partial charge is 0.310 e. The zero-order valence-electron chi connectivity index (χ0n) is 22.2. The van der Waals surface area contributed by atoms with Crippen molar-refractivity contribution in [3.63, 3.8) is 0 Å². The summed E-state index contributed by atoms with van der Waals surface area (Å²) < 4.78 is 11.7. The molecule has 0 radical (unpaired) electrons. The van der Waals surface area contributed by atoms with E-state index in [1.54, 1.807) is 0 Å². The number of fused-ring (bicyclic) bond motifs is 1. The van der Waals surface area contributed by atoms with Gasteiger partial charge >= 0.3 is 5.97 Å². The van der Waals surface area contributed by atoms with Crippen molar-refractivity contribution in [2.24, 2.45) is 0 Å². The first-order valence-electron chi connectivity index (χ1n) is 14.0. The molecule has 0 bridgehead atoms. The molecule has 3 aromatic rings. The maximum absolute atomic E-state index is 12.2. The minimum absolute atomic E-state index is 0.198. The Morgan fingerprint density at radius 1 is 1.03 bits per heavy atom. The van der Waals surface area contributed by atoms with Gasteiger partial charge in [-0.3, -0.25) is 4.79 Å². The molecular weight excluding hydrogens is 460 g/mol. The second-order valence-corrected chi connectivity index (χ2v) is 10.5. The van der Waals surface area contributed by atoms with Gasteiger partial charge in [0.25, 0.3) is 0 Å². The third-order valence-electron chi connectivity index (χ3n) is 7.87. The van der Waals surface area contributed by atoms with Gasteiger partial charge in [-0.15, -0.1) is 0 Å². The summed E-state index contributed by atoms with van der Waals surface area (Å²) in [6.07, 6.45) is 7.48. The van der Waals surface area contributed by atoms with Crippen LogP contribution in [0.25, 0.3) is 10.8 Å². The third-order valence-corrected chi connectivity index (χ3v) is 7.87. The van der Waals surface area contributed by atoms with E-state index in [-0.39, 0.29) is 24.5 Å². The molecule has 196 valence electrons. The summed E-state index contributed by atoms with van der Waals surface area (Å²) in [6.45, 7) is 6.47. The van der Waals surface area contributed by atoms with Crippen molar-refractivity contribution in [2.45, 2.75) is 77.0 Å². The van der Waals surface area contributed by atoms with Crippen molar-refractivity contribution < 1.29 is 14.3 Å². The maximum Gasteiger partial charge on any atom is 0.310 e. The van der Waals surface area contributed by atoms with Crippen LogP contribution >= 0.6 is 0 Å². The van der Waals surface area contributed by atoms with E-state index in [0.29, 0.717) is 12.6 Å². The first-order chi connectivity index (χ1) is 18.1. The minimum atomic E-state index is -0.198. The Kier molecular flexibility index (Phi) is 8.30. The molecule has 3 aromatic carbocycles. The van der Waals surface area contributed by atoms with Crippen LogP contribution in [0.15, 0.2) is 60.7 Å². The van der Waals surface area contributed by atoms with Crippen molar-refractivity contribution in [3.8, 4) is 5.75 Å². The molecule has 1 aliphatic heterocycles. The summed E-state index contributed by atoms with van der Waals surface area (Å²) in [5.74, 6) is 0.648. The minimum Gasteiger partial charge on any atom is -0.490 e. The SMILES string of the molecule is CCOC(=O)Cc1ccc(N2CC[C@H](N[C@H](C)c3cccc4ccccc34)C2)cc1OC1CCCCC1. The van der Waals surface area contributed by atoms with Gasteiger partial charge in [0.1, 0.15) is 5.75 Å². The van der Waals surface area contributed by atoms with Gasteiger partial charge in [0.15, 0.2) is 0 Å². The molecule has 1 saturated heterocycles. The average Bonchev–Trinajstić information content (AvgIpc) is 3.38. The summed E-state index contributed by atoms with van der Waals surface area (Å²) >= 11 is 0. The first kappa shape index (κ1) is 25.6. The van der Waals surface area contributed by atoms with E-state index in [9.17, 15) is 4.79 Å². The lowest BCUT2D eigenvalue weighted by atomic mass is 9.97. The number of anilines is 1. The van der Waals surface area contributed by atoms with Crippen LogP contribution in [0.1, 0.15) is 69.5 Å². The Balaban J connectivity index is 1.28. The fraction of sp³-hybridized carbons (Fsp3) is 0.469. The van der Waals surface area contributed by atoms with E-state index >= 15 is 0 Å². The monoisotopic (exact) mass is 500 g/mol. The highest BCUT2D eigenvalue weighted by molar-refractivity contribution is 5.86. The van der Waals surface area contributed by atoms with E-state index in [1.165, 1.54) is 41.3 Å².